The Labute approximate surface area is 143 Å². The average molecular weight is 349 g/mol. The van der Waals surface area contributed by atoms with E-state index in [0.29, 0.717) is 31.9 Å². The molecule has 1 aromatic carbocycles. The predicted octanol–water partition coefficient (Wildman–Crippen LogP) is 1.69. The van der Waals surface area contributed by atoms with Crippen molar-refractivity contribution in [2.75, 3.05) is 38.5 Å². The van der Waals surface area contributed by atoms with E-state index >= 15 is 0 Å². The second-order valence-electron chi connectivity index (χ2n) is 5.61. The molecule has 24 heavy (non-hydrogen) atoms. The summed E-state index contributed by atoms with van der Waals surface area (Å²) in [5.74, 6) is -0.303. The number of likely N-dealkylation sites (N-methyl/N-ethyl adjacent to an activating group) is 1. The highest BCUT2D eigenvalue weighted by Crippen LogP contribution is 2.20. The maximum atomic E-state index is 12.7. The molecule has 0 spiro atoms. The molecular formula is C17H23N3O3S. The fourth-order valence-corrected chi connectivity index (χ4v) is 3.82. The molecule has 0 radical (unpaired) electrons. The summed E-state index contributed by atoms with van der Waals surface area (Å²) in [6, 6.07) is 6.35. The summed E-state index contributed by atoms with van der Waals surface area (Å²) < 4.78 is 26.9. The molecule has 0 aliphatic carbocycles. The van der Waals surface area contributed by atoms with E-state index in [9.17, 15) is 13.2 Å². The van der Waals surface area contributed by atoms with Crippen molar-refractivity contribution in [3.8, 4) is 0 Å². The van der Waals surface area contributed by atoms with Gasteiger partial charge < -0.3 is 10.2 Å². The van der Waals surface area contributed by atoms with E-state index in [4.69, 9.17) is 0 Å². The van der Waals surface area contributed by atoms with Crippen LogP contribution in [0.2, 0.25) is 0 Å². The number of piperazine rings is 1. The largest absolute Gasteiger partial charge is 0.322 e. The summed E-state index contributed by atoms with van der Waals surface area (Å²) in [5.41, 5.74) is 0.459. The number of carbonyl (C=O) groups excluding carboxylic acids is 1. The minimum absolute atomic E-state index is 0.197. The zero-order valence-corrected chi connectivity index (χ0v) is 14.8. The van der Waals surface area contributed by atoms with Crippen LogP contribution in [0.15, 0.2) is 53.5 Å². The van der Waals surface area contributed by atoms with Gasteiger partial charge in [-0.25, -0.2) is 8.42 Å². The molecule has 1 heterocycles. The lowest BCUT2D eigenvalue weighted by Gasteiger charge is -2.31. The Bertz CT molecular complexity index is 733. The van der Waals surface area contributed by atoms with Gasteiger partial charge in [0.25, 0.3) is 0 Å². The third-order valence-corrected chi connectivity index (χ3v) is 5.65. The highest BCUT2D eigenvalue weighted by molar-refractivity contribution is 7.89. The van der Waals surface area contributed by atoms with Gasteiger partial charge in [0.1, 0.15) is 0 Å². The number of hydrogen-bond donors (Lipinski definition) is 1. The summed E-state index contributed by atoms with van der Waals surface area (Å²) in [6.07, 6.45) is 6.57. The maximum Gasteiger partial charge on any atom is 0.248 e. The van der Waals surface area contributed by atoms with Crippen molar-refractivity contribution < 1.29 is 13.2 Å². The summed E-state index contributed by atoms with van der Waals surface area (Å²) in [5, 5.41) is 2.67. The Hall–Kier alpha value is -1.96. The Kier molecular flexibility index (Phi) is 6.30. The van der Waals surface area contributed by atoms with Crippen molar-refractivity contribution in [3.05, 3.63) is 48.6 Å². The van der Waals surface area contributed by atoms with Crippen molar-refractivity contribution in [1.29, 1.82) is 0 Å². The molecule has 0 aromatic heterocycles. The van der Waals surface area contributed by atoms with Gasteiger partial charge in [0.05, 0.1) is 4.90 Å². The highest BCUT2D eigenvalue weighted by atomic mass is 32.2. The van der Waals surface area contributed by atoms with Gasteiger partial charge in [-0.15, -0.1) is 0 Å². The molecule has 1 aromatic rings. The number of carbonyl (C=O) groups is 1. The van der Waals surface area contributed by atoms with Gasteiger partial charge in [0.15, 0.2) is 0 Å². The van der Waals surface area contributed by atoms with Crippen molar-refractivity contribution in [3.63, 3.8) is 0 Å². The van der Waals surface area contributed by atoms with Crippen LogP contribution < -0.4 is 5.32 Å². The van der Waals surface area contributed by atoms with Gasteiger partial charge in [-0.2, -0.15) is 4.31 Å². The second-order valence-corrected chi connectivity index (χ2v) is 7.55. The Morgan fingerprint density at radius 3 is 2.54 bits per heavy atom. The number of sulfonamides is 1. The number of rotatable bonds is 5. The number of hydrogen-bond acceptors (Lipinski definition) is 4. The van der Waals surface area contributed by atoms with Crippen LogP contribution in [-0.4, -0.2) is 56.8 Å². The maximum absolute atomic E-state index is 12.7. The molecule has 0 unspecified atom stereocenters. The Balaban J connectivity index is 2.13. The average Bonchev–Trinajstić information content (AvgIpc) is 2.56. The van der Waals surface area contributed by atoms with E-state index in [-0.39, 0.29) is 10.8 Å². The lowest BCUT2D eigenvalue weighted by atomic mass is 10.3. The van der Waals surface area contributed by atoms with Crippen molar-refractivity contribution in [2.45, 2.75) is 11.8 Å². The monoisotopic (exact) mass is 349 g/mol. The van der Waals surface area contributed by atoms with Gasteiger partial charge in [0, 0.05) is 37.9 Å². The first-order valence-electron chi connectivity index (χ1n) is 7.82. The van der Waals surface area contributed by atoms with Crippen molar-refractivity contribution in [1.82, 2.24) is 9.21 Å². The minimum Gasteiger partial charge on any atom is -0.322 e. The molecule has 7 heteroatoms. The molecule has 0 bridgehead atoms. The first-order chi connectivity index (χ1) is 11.4. The number of allylic oxidation sites excluding steroid dienone is 3. The van der Waals surface area contributed by atoms with Gasteiger partial charge in [-0.1, -0.05) is 24.3 Å². The van der Waals surface area contributed by atoms with Crippen molar-refractivity contribution in [2.24, 2.45) is 0 Å². The van der Waals surface area contributed by atoms with Crippen LogP contribution in [0.25, 0.3) is 0 Å². The molecule has 1 aliphatic heterocycles. The lowest BCUT2D eigenvalue weighted by molar-refractivity contribution is -0.111. The molecule has 1 saturated heterocycles. The molecule has 130 valence electrons. The van der Waals surface area contributed by atoms with E-state index in [1.807, 2.05) is 20.0 Å². The van der Waals surface area contributed by atoms with Crippen LogP contribution in [0, 0.1) is 0 Å². The van der Waals surface area contributed by atoms with Crippen LogP contribution in [0.5, 0.6) is 0 Å². The number of nitrogens with zero attached hydrogens (tertiary/aromatic N) is 2. The van der Waals surface area contributed by atoms with Crippen LogP contribution in [0.1, 0.15) is 6.92 Å². The lowest BCUT2D eigenvalue weighted by Crippen LogP contribution is -2.47. The van der Waals surface area contributed by atoms with Crippen LogP contribution in [0.4, 0.5) is 5.69 Å². The molecular weight excluding hydrogens is 326 g/mol. The Morgan fingerprint density at radius 2 is 1.88 bits per heavy atom. The number of nitrogens with one attached hydrogen (secondary N) is 1. The third-order valence-electron chi connectivity index (χ3n) is 3.75. The SMILES string of the molecule is CC=CC=CC(=O)Nc1cccc(S(=O)(=O)N2CCN(C)CC2)c1. The number of amides is 1. The molecule has 2 rings (SSSR count). The quantitative estimate of drug-likeness (QED) is 0.649. The highest BCUT2D eigenvalue weighted by Gasteiger charge is 2.27. The standard InChI is InChI=1S/C17H23N3O3S/c1-3-4-5-9-17(21)18-15-7-6-8-16(14-15)24(22,23)20-12-10-19(2)11-13-20/h3-9,14H,10-13H2,1-2H3,(H,18,21). The van der Waals surface area contributed by atoms with Crippen LogP contribution in [0.3, 0.4) is 0 Å². The van der Waals surface area contributed by atoms with Crippen molar-refractivity contribution >= 4 is 21.6 Å². The van der Waals surface area contributed by atoms with Gasteiger partial charge in [0.2, 0.25) is 15.9 Å². The van der Waals surface area contributed by atoms with Gasteiger partial charge in [-0.3, -0.25) is 4.79 Å². The second kappa shape index (κ2) is 8.23. The summed E-state index contributed by atoms with van der Waals surface area (Å²) in [6.45, 7) is 4.23. The predicted molar refractivity (Wildman–Crippen MR) is 95.3 cm³/mol. The molecule has 1 N–H and O–H groups in total. The van der Waals surface area contributed by atoms with Crippen LogP contribution >= 0.6 is 0 Å². The smallest absolute Gasteiger partial charge is 0.248 e. The first-order valence-corrected chi connectivity index (χ1v) is 9.26. The topological polar surface area (TPSA) is 69.7 Å². The van der Waals surface area contributed by atoms with E-state index in [1.165, 1.54) is 16.4 Å². The molecule has 1 amide bonds. The molecule has 6 nitrogen and oxygen atoms in total. The van der Waals surface area contributed by atoms with E-state index in [1.54, 1.807) is 30.4 Å². The normalized spacial score (nSPS) is 17.6. The molecule has 1 fully saturated rings. The first kappa shape index (κ1) is 18.4. The summed E-state index contributed by atoms with van der Waals surface area (Å²) >= 11 is 0. The van der Waals surface area contributed by atoms with Crippen LogP contribution in [-0.2, 0) is 14.8 Å². The third kappa shape index (κ3) is 4.77. The number of benzene rings is 1. The van der Waals surface area contributed by atoms with Gasteiger partial charge >= 0.3 is 0 Å². The zero-order valence-electron chi connectivity index (χ0n) is 14.0. The fraction of sp³-hybridized carbons (Fsp3) is 0.353. The van der Waals surface area contributed by atoms with Gasteiger partial charge in [-0.05, 0) is 32.2 Å². The van der Waals surface area contributed by atoms with E-state index in [0.717, 1.165) is 0 Å². The summed E-state index contributed by atoms with van der Waals surface area (Å²) in [7, 11) is -1.56. The molecule has 0 saturated carbocycles. The number of anilines is 1. The summed E-state index contributed by atoms with van der Waals surface area (Å²) in [4.78, 5) is 14.1. The van der Waals surface area contributed by atoms with E-state index in [2.05, 4.69) is 10.2 Å². The molecule has 1 aliphatic rings. The molecule has 0 atom stereocenters. The Morgan fingerprint density at radius 1 is 1.17 bits per heavy atom. The zero-order chi connectivity index (χ0) is 17.6. The van der Waals surface area contributed by atoms with E-state index < -0.39 is 10.0 Å². The fourth-order valence-electron chi connectivity index (χ4n) is 2.35. The minimum atomic E-state index is -3.54.